The Labute approximate surface area is 74.3 Å². The summed E-state index contributed by atoms with van der Waals surface area (Å²) in [6.45, 7) is 0. The Balaban J connectivity index is 2.08. The highest BCUT2D eigenvalue weighted by Gasteiger charge is 2.34. The van der Waals surface area contributed by atoms with E-state index in [1.54, 1.807) is 0 Å². The highest BCUT2D eigenvalue weighted by atomic mass is 32.2. The number of hydrogen-bond donors (Lipinski definition) is 0. The van der Waals surface area contributed by atoms with Gasteiger partial charge in [0.05, 0.1) is 11.5 Å². The van der Waals surface area contributed by atoms with Crippen LogP contribution in [0.15, 0.2) is 0 Å². The average molecular weight is 188 g/mol. The summed E-state index contributed by atoms with van der Waals surface area (Å²) < 4.78 is 22.6. The van der Waals surface area contributed by atoms with Gasteiger partial charge in [0.25, 0.3) is 0 Å². The lowest BCUT2D eigenvalue weighted by molar-refractivity contribution is 0.242. The molecule has 70 valence electrons. The largest absolute Gasteiger partial charge is 0.229 e. The van der Waals surface area contributed by atoms with E-state index >= 15 is 0 Å². The van der Waals surface area contributed by atoms with Crippen LogP contribution < -0.4 is 0 Å². The molecular formula is C9H16O2S. The van der Waals surface area contributed by atoms with Crippen LogP contribution in [0.3, 0.4) is 0 Å². The second-order valence-corrected chi connectivity index (χ2v) is 6.44. The van der Waals surface area contributed by atoms with Gasteiger partial charge >= 0.3 is 0 Å². The highest BCUT2D eigenvalue weighted by Crippen LogP contribution is 2.36. The van der Waals surface area contributed by atoms with E-state index in [9.17, 15) is 8.42 Å². The van der Waals surface area contributed by atoms with Crippen LogP contribution in [0, 0.1) is 11.8 Å². The zero-order chi connectivity index (χ0) is 8.60. The van der Waals surface area contributed by atoms with Crippen LogP contribution >= 0.6 is 0 Å². The molecule has 12 heavy (non-hydrogen) atoms. The molecule has 1 saturated heterocycles. The van der Waals surface area contributed by atoms with Gasteiger partial charge in [-0.3, -0.25) is 0 Å². The maximum Gasteiger partial charge on any atom is 0.150 e. The van der Waals surface area contributed by atoms with E-state index in [2.05, 4.69) is 0 Å². The van der Waals surface area contributed by atoms with Crippen molar-refractivity contribution >= 4 is 9.84 Å². The SMILES string of the molecule is O=S1(=O)CCC2CCCCC2C1. The van der Waals surface area contributed by atoms with Crippen LogP contribution in [0.1, 0.15) is 32.1 Å². The fourth-order valence-electron chi connectivity index (χ4n) is 2.62. The lowest BCUT2D eigenvalue weighted by Gasteiger charge is -2.34. The van der Waals surface area contributed by atoms with Crippen molar-refractivity contribution in [2.75, 3.05) is 11.5 Å². The summed E-state index contributed by atoms with van der Waals surface area (Å²) in [4.78, 5) is 0. The van der Waals surface area contributed by atoms with Gasteiger partial charge in [0.15, 0.2) is 9.84 Å². The first-order valence-corrected chi connectivity index (χ1v) is 6.70. The van der Waals surface area contributed by atoms with Gasteiger partial charge < -0.3 is 0 Å². The van der Waals surface area contributed by atoms with Gasteiger partial charge in [-0.2, -0.15) is 0 Å². The number of hydrogen-bond acceptors (Lipinski definition) is 2. The van der Waals surface area contributed by atoms with Crippen LogP contribution in [0.5, 0.6) is 0 Å². The molecule has 0 aromatic carbocycles. The minimum atomic E-state index is -2.65. The molecule has 2 fully saturated rings. The molecule has 0 N–H and O–H groups in total. The summed E-state index contributed by atoms with van der Waals surface area (Å²) in [5.41, 5.74) is 0. The third kappa shape index (κ3) is 1.65. The second kappa shape index (κ2) is 3.02. The predicted octanol–water partition coefficient (Wildman–Crippen LogP) is 1.61. The molecule has 0 bridgehead atoms. The van der Waals surface area contributed by atoms with E-state index in [4.69, 9.17) is 0 Å². The Hall–Kier alpha value is -0.0500. The van der Waals surface area contributed by atoms with Gasteiger partial charge in [-0.05, 0) is 24.7 Å². The zero-order valence-corrected chi connectivity index (χ0v) is 8.15. The number of fused-ring (bicyclic) bond motifs is 1. The van der Waals surface area contributed by atoms with Crippen molar-refractivity contribution in [2.45, 2.75) is 32.1 Å². The van der Waals surface area contributed by atoms with Crippen molar-refractivity contribution in [3.63, 3.8) is 0 Å². The molecule has 1 heterocycles. The van der Waals surface area contributed by atoms with Crippen molar-refractivity contribution in [3.8, 4) is 0 Å². The van der Waals surface area contributed by atoms with E-state index in [1.807, 2.05) is 0 Å². The molecule has 1 aliphatic heterocycles. The molecule has 0 radical (unpaired) electrons. The fourth-order valence-corrected chi connectivity index (χ4v) is 4.54. The average Bonchev–Trinajstić information content (AvgIpc) is 2.02. The maximum atomic E-state index is 11.3. The van der Waals surface area contributed by atoms with E-state index in [-0.39, 0.29) is 0 Å². The molecule has 0 aromatic heterocycles. The highest BCUT2D eigenvalue weighted by molar-refractivity contribution is 7.91. The van der Waals surface area contributed by atoms with Gasteiger partial charge in [0.1, 0.15) is 0 Å². The first-order valence-electron chi connectivity index (χ1n) is 4.88. The molecule has 0 spiro atoms. The maximum absolute atomic E-state index is 11.3. The molecule has 0 aromatic rings. The van der Waals surface area contributed by atoms with Crippen LogP contribution in [0.25, 0.3) is 0 Å². The predicted molar refractivity (Wildman–Crippen MR) is 48.7 cm³/mol. The zero-order valence-electron chi connectivity index (χ0n) is 7.33. The summed E-state index contributed by atoms with van der Waals surface area (Å²) in [6.07, 6.45) is 5.94. The first kappa shape index (κ1) is 8.54. The van der Waals surface area contributed by atoms with Crippen molar-refractivity contribution in [1.29, 1.82) is 0 Å². The lowest BCUT2D eigenvalue weighted by atomic mass is 9.79. The molecular weight excluding hydrogens is 172 g/mol. The summed E-state index contributed by atoms with van der Waals surface area (Å²) >= 11 is 0. The summed E-state index contributed by atoms with van der Waals surface area (Å²) in [6, 6.07) is 0. The Morgan fingerprint density at radius 2 is 1.58 bits per heavy atom. The quantitative estimate of drug-likeness (QED) is 0.579. The van der Waals surface area contributed by atoms with E-state index in [0.29, 0.717) is 17.4 Å². The molecule has 1 saturated carbocycles. The third-order valence-electron chi connectivity index (χ3n) is 3.33. The van der Waals surface area contributed by atoms with Gasteiger partial charge in [0.2, 0.25) is 0 Å². The molecule has 2 rings (SSSR count). The molecule has 0 amide bonds. The van der Waals surface area contributed by atoms with Crippen molar-refractivity contribution in [1.82, 2.24) is 0 Å². The van der Waals surface area contributed by atoms with E-state index < -0.39 is 9.84 Å². The normalized spacial score (nSPS) is 40.3. The van der Waals surface area contributed by atoms with Gasteiger partial charge in [-0.15, -0.1) is 0 Å². The van der Waals surface area contributed by atoms with Crippen molar-refractivity contribution in [3.05, 3.63) is 0 Å². The Bertz CT molecular complexity index is 256. The number of sulfone groups is 1. The number of rotatable bonds is 0. The monoisotopic (exact) mass is 188 g/mol. The van der Waals surface area contributed by atoms with Crippen molar-refractivity contribution in [2.24, 2.45) is 11.8 Å². The first-order chi connectivity index (χ1) is 5.67. The molecule has 2 unspecified atom stereocenters. The molecule has 2 nitrogen and oxygen atoms in total. The summed E-state index contributed by atoms with van der Waals surface area (Å²) in [5, 5.41) is 0. The Kier molecular flexibility index (Phi) is 2.15. The van der Waals surface area contributed by atoms with Crippen LogP contribution in [0.4, 0.5) is 0 Å². The second-order valence-electron chi connectivity index (χ2n) is 4.21. The molecule has 1 aliphatic carbocycles. The molecule has 2 atom stereocenters. The van der Waals surface area contributed by atoms with Crippen LogP contribution in [-0.2, 0) is 9.84 Å². The smallest absolute Gasteiger partial charge is 0.150 e. The topological polar surface area (TPSA) is 34.1 Å². The molecule has 2 aliphatic rings. The van der Waals surface area contributed by atoms with E-state index in [1.165, 1.54) is 19.3 Å². The summed E-state index contributed by atoms with van der Waals surface area (Å²) in [7, 11) is -2.65. The van der Waals surface area contributed by atoms with E-state index in [0.717, 1.165) is 18.8 Å². The minimum Gasteiger partial charge on any atom is -0.229 e. The van der Waals surface area contributed by atoms with Gasteiger partial charge in [-0.25, -0.2) is 8.42 Å². The van der Waals surface area contributed by atoms with Crippen LogP contribution in [0.2, 0.25) is 0 Å². The van der Waals surface area contributed by atoms with Gasteiger partial charge in [-0.1, -0.05) is 19.3 Å². The van der Waals surface area contributed by atoms with Crippen molar-refractivity contribution < 1.29 is 8.42 Å². The fraction of sp³-hybridized carbons (Fsp3) is 1.00. The third-order valence-corrected chi connectivity index (χ3v) is 5.13. The Morgan fingerprint density at radius 1 is 0.917 bits per heavy atom. The summed E-state index contributed by atoms with van der Waals surface area (Å²) in [5.74, 6) is 2.19. The minimum absolute atomic E-state index is 0.453. The Morgan fingerprint density at radius 3 is 2.33 bits per heavy atom. The molecule has 3 heteroatoms. The van der Waals surface area contributed by atoms with Gasteiger partial charge in [0, 0.05) is 0 Å². The standard InChI is InChI=1S/C9H16O2S/c10-12(11)6-5-8-3-1-2-4-9(8)7-12/h8-9H,1-7H2. The lowest BCUT2D eigenvalue weighted by Crippen LogP contribution is -2.34. The van der Waals surface area contributed by atoms with Crippen LogP contribution in [-0.4, -0.2) is 19.9 Å².